The third kappa shape index (κ3) is 3.26. The molecule has 0 radical (unpaired) electrons. The van der Waals surface area contributed by atoms with Gasteiger partial charge >= 0.3 is 27.1 Å². The van der Waals surface area contributed by atoms with E-state index in [4.69, 9.17) is 24.7 Å². The zero-order valence-electron chi connectivity index (χ0n) is 10.3. The zero-order chi connectivity index (χ0) is 16.6. The van der Waals surface area contributed by atoms with Gasteiger partial charge in [-0.3, -0.25) is 18.7 Å². The lowest BCUT2D eigenvalue weighted by atomic mass is 9.87. The zero-order valence-corrected chi connectivity index (χ0v) is 12.1. The highest BCUT2D eigenvalue weighted by molar-refractivity contribution is 7.72. The first-order valence-electron chi connectivity index (χ1n) is 4.79. The number of carboxylic acids is 1. The summed E-state index contributed by atoms with van der Waals surface area (Å²) in [5, 5.41) is 14.5. The summed E-state index contributed by atoms with van der Waals surface area (Å²) in [5.74, 6) is -3.52. The molecule has 13 heteroatoms. The van der Waals surface area contributed by atoms with Crippen molar-refractivity contribution in [1.29, 1.82) is 0 Å². The molecule has 1 atom stereocenters. The van der Waals surface area contributed by atoms with Crippen LogP contribution in [0.15, 0.2) is 0 Å². The van der Waals surface area contributed by atoms with E-state index in [0.717, 1.165) is 7.11 Å². The minimum absolute atomic E-state index is 0.609. The van der Waals surface area contributed by atoms with Crippen LogP contribution in [0.5, 0.6) is 0 Å². The van der Waals surface area contributed by atoms with Crippen LogP contribution in [0.3, 0.4) is 0 Å². The van der Waals surface area contributed by atoms with Crippen molar-refractivity contribution in [2.75, 3.05) is 7.11 Å². The first kappa shape index (κ1) is 19.2. The van der Waals surface area contributed by atoms with E-state index >= 15 is 0 Å². The average molecular weight is 336 g/mol. The molecule has 0 saturated carbocycles. The molecular weight excluding hydrogens is 322 g/mol. The van der Waals surface area contributed by atoms with Crippen LogP contribution in [0, 0.1) is 5.41 Å². The summed E-state index contributed by atoms with van der Waals surface area (Å²) in [7, 11) is -11.0. The van der Waals surface area contributed by atoms with Gasteiger partial charge in [0.1, 0.15) is 0 Å². The molecule has 0 fully saturated rings. The van der Waals surface area contributed by atoms with Crippen molar-refractivity contribution in [3.8, 4) is 0 Å². The van der Waals surface area contributed by atoms with Crippen molar-refractivity contribution in [2.45, 2.75) is 18.4 Å². The molecule has 0 saturated heterocycles. The Labute approximate surface area is 112 Å². The molecule has 0 spiro atoms. The molecule has 0 bridgehead atoms. The minimum Gasteiger partial charge on any atom is -0.480 e. The molecule has 0 aromatic carbocycles. The Bertz CT molecular complexity index is 479. The van der Waals surface area contributed by atoms with Crippen molar-refractivity contribution in [2.24, 2.45) is 5.41 Å². The number of esters is 1. The van der Waals surface area contributed by atoms with Crippen LogP contribution >= 0.6 is 15.2 Å². The minimum atomic E-state index is -5.87. The number of ether oxygens (including phenoxy) is 1. The van der Waals surface area contributed by atoms with Crippen LogP contribution in [0.25, 0.3) is 0 Å². The summed E-state index contributed by atoms with van der Waals surface area (Å²) in [5.41, 5.74) is -2.77. The maximum atomic E-state index is 11.4. The SMILES string of the molecule is COC(=O)C(C)(CC(O)(P(=O)(O)O)P(=O)(O)O)C(=O)O. The topological polar surface area (TPSA) is 199 Å². The number of hydrogen-bond donors (Lipinski definition) is 6. The van der Waals surface area contributed by atoms with Gasteiger partial charge in [-0.2, -0.15) is 0 Å². The molecule has 6 N–H and O–H groups in total. The highest BCUT2D eigenvalue weighted by atomic mass is 31.2. The number of aliphatic carboxylic acids is 1. The largest absolute Gasteiger partial charge is 0.480 e. The van der Waals surface area contributed by atoms with E-state index in [1.807, 2.05) is 0 Å². The summed E-state index contributed by atoms with van der Waals surface area (Å²) < 4.78 is 26.3. The number of carbonyl (C=O) groups is 2. The van der Waals surface area contributed by atoms with Gasteiger partial charge in [0.05, 0.1) is 7.11 Å². The summed E-state index contributed by atoms with van der Waals surface area (Å²) in [4.78, 5) is 58.0. The predicted molar refractivity (Wildman–Crippen MR) is 61.4 cm³/mol. The molecule has 0 rings (SSSR count). The fourth-order valence-electron chi connectivity index (χ4n) is 1.31. The van der Waals surface area contributed by atoms with Crippen molar-refractivity contribution in [1.82, 2.24) is 0 Å². The number of aliphatic hydroxyl groups is 1. The van der Waals surface area contributed by atoms with Gasteiger partial charge in [0, 0.05) is 6.42 Å². The molecule has 0 amide bonds. The Hall–Kier alpha value is -0.800. The Morgan fingerprint density at radius 2 is 1.45 bits per heavy atom. The fraction of sp³-hybridized carbons (Fsp3) is 0.714. The van der Waals surface area contributed by atoms with Gasteiger partial charge in [-0.05, 0) is 6.92 Å². The number of hydrogen-bond acceptors (Lipinski definition) is 6. The summed E-state index contributed by atoms with van der Waals surface area (Å²) >= 11 is 0. The maximum Gasteiger partial charge on any atom is 0.369 e. The molecule has 0 aliphatic rings. The lowest BCUT2D eigenvalue weighted by Gasteiger charge is -2.34. The van der Waals surface area contributed by atoms with E-state index in [1.165, 1.54) is 0 Å². The molecule has 20 heavy (non-hydrogen) atoms. The molecule has 0 aliphatic carbocycles. The van der Waals surface area contributed by atoms with Crippen LogP contribution in [0.4, 0.5) is 0 Å². The predicted octanol–water partition coefficient (Wildman–Crippen LogP) is -1.36. The molecule has 1 unspecified atom stereocenters. The van der Waals surface area contributed by atoms with E-state index in [2.05, 4.69) is 4.74 Å². The van der Waals surface area contributed by atoms with E-state index in [1.54, 1.807) is 0 Å². The first-order chi connectivity index (χ1) is 8.63. The second kappa shape index (κ2) is 5.53. The highest BCUT2D eigenvalue weighted by Crippen LogP contribution is 2.70. The number of rotatable bonds is 6. The second-order valence-corrected chi connectivity index (χ2v) is 8.18. The lowest BCUT2D eigenvalue weighted by Crippen LogP contribution is -2.45. The number of carbonyl (C=O) groups excluding carboxylic acids is 1. The van der Waals surface area contributed by atoms with Gasteiger partial charge in [-0.25, -0.2) is 0 Å². The van der Waals surface area contributed by atoms with Gasteiger partial charge in [0.2, 0.25) is 0 Å². The first-order valence-corrected chi connectivity index (χ1v) is 8.01. The third-order valence-electron chi connectivity index (χ3n) is 2.63. The van der Waals surface area contributed by atoms with Crippen LogP contribution in [-0.2, 0) is 23.5 Å². The van der Waals surface area contributed by atoms with Crippen LogP contribution in [0.1, 0.15) is 13.3 Å². The lowest BCUT2D eigenvalue weighted by molar-refractivity contribution is -0.167. The Morgan fingerprint density at radius 3 is 1.65 bits per heavy atom. The Kier molecular flexibility index (Phi) is 5.31. The normalized spacial score (nSPS) is 16.4. The molecular formula is C7H14O11P2. The summed E-state index contributed by atoms with van der Waals surface area (Å²) in [6, 6.07) is 0. The second-order valence-electron chi connectivity index (χ2n) is 4.17. The van der Waals surface area contributed by atoms with Gasteiger partial charge in [0.25, 0.3) is 5.08 Å². The summed E-state index contributed by atoms with van der Waals surface area (Å²) in [6.45, 7) is 0.609. The van der Waals surface area contributed by atoms with Crippen molar-refractivity contribution < 1.29 is 53.2 Å². The molecule has 0 aromatic rings. The van der Waals surface area contributed by atoms with E-state index < -0.39 is 44.0 Å². The van der Waals surface area contributed by atoms with Gasteiger partial charge in [-0.1, -0.05) is 0 Å². The van der Waals surface area contributed by atoms with Crippen LogP contribution < -0.4 is 0 Å². The third-order valence-corrected chi connectivity index (χ3v) is 6.38. The van der Waals surface area contributed by atoms with Crippen LogP contribution in [-0.4, -0.2) is 53.9 Å². The Morgan fingerprint density at radius 1 is 1.10 bits per heavy atom. The number of carboxylic acid groups (broad SMARTS) is 1. The van der Waals surface area contributed by atoms with E-state index in [0.29, 0.717) is 6.92 Å². The monoisotopic (exact) mass is 336 g/mol. The molecule has 0 heterocycles. The van der Waals surface area contributed by atoms with Crippen LogP contribution in [0.2, 0.25) is 0 Å². The maximum absolute atomic E-state index is 11.4. The molecule has 118 valence electrons. The van der Waals surface area contributed by atoms with Gasteiger partial charge in [0.15, 0.2) is 5.41 Å². The fourth-order valence-corrected chi connectivity index (χ4v) is 3.71. The smallest absolute Gasteiger partial charge is 0.369 e. The average Bonchev–Trinajstić information content (AvgIpc) is 2.24. The van der Waals surface area contributed by atoms with Gasteiger partial charge < -0.3 is 34.5 Å². The van der Waals surface area contributed by atoms with Crippen molar-refractivity contribution in [3.63, 3.8) is 0 Å². The van der Waals surface area contributed by atoms with E-state index in [9.17, 15) is 23.8 Å². The molecule has 0 aliphatic heterocycles. The Balaban J connectivity index is 6.06. The standard InChI is InChI=1S/C7H14O11P2/c1-6(4(8)9,5(10)18-2)3-7(11,19(12,13)14)20(15,16)17/h11H,3H2,1-2H3,(H,8,9)(H2,12,13,14)(H2,15,16,17). The van der Waals surface area contributed by atoms with E-state index in [-0.39, 0.29) is 0 Å². The molecule has 11 nitrogen and oxygen atoms in total. The molecule has 0 aromatic heterocycles. The quantitative estimate of drug-likeness (QED) is 0.190. The number of methoxy groups -OCH3 is 1. The van der Waals surface area contributed by atoms with Crippen molar-refractivity contribution >= 4 is 27.1 Å². The van der Waals surface area contributed by atoms with Crippen molar-refractivity contribution in [3.05, 3.63) is 0 Å². The highest BCUT2D eigenvalue weighted by Gasteiger charge is 2.65. The van der Waals surface area contributed by atoms with Gasteiger partial charge in [-0.15, -0.1) is 0 Å². The summed E-state index contributed by atoms with van der Waals surface area (Å²) in [6.07, 6.45) is -1.74.